The van der Waals surface area contributed by atoms with Gasteiger partial charge in [-0.1, -0.05) is 81.4 Å². The van der Waals surface area contributed by atoms with Gasteiger partial charge in [0.2, 0.25) is 0 Å². The van der Waals surface area contributed by atoms with Gasteiger partial charge in [0.25, 0.3) is 0 Å². The van der Waals surface area contributed by atoms with Crippen molar-refractivity contribution in [1.82, 2.24) is 0 Å². The molecule has 0 aromatic heterocycles. The molecule has 0 unspecified atom stereocenters. The molecule has 6 N–H and O–H groups in total. The van der Waals surface area contributed by atoms with Crippen LogP contribution in [0.2, 0.25) is 0 Å². The molecule has 4 nitrogen and oxygen atoms in total. The third-order valence-corrected chi connectivity index (χ3v) is 6.33. The quantitative estimate of drug-likeness (QED) is 0.272. The zero-order valence-electron chi connectivity index (χ0n) is 22.5. The van der Waals surface area contributed by atoms with Gasteiger partial charge in [0.05, 0.1) is 11.4 Å². The highest BCUT2D eigenvalue weighted by molar-refractivity contribution is 5.63. The monoisotopic (exact) mass is 454 g/mol. The molecule has 0 bridgehead atoms. The van der Waals surface area contributed by atoms with Crippen LogP contribution in [0.5, 0.6) is 11.5 Å². The molecule has 184 valence electrons. The number of benzene rings is 2. The van der Waals surface area contributed by atoms with Crippen molar-refractivity contribution in [3.8, 4) is 11.5 Å². The Hall–Kier alpha value is -2.36. The molecule has 0 amide bonds. The van der Waals surface area contributed by atoms with E-state index in [2.05, 4.69) is 69.2 Å². The van der Waals surface area contributed by atoms with Crippen LogP contribution in [0.1, 0.15) is 104 Å². The van der Waals surface area contributed by atoms with Gasteiger partial charge in [0.1, 0.15) is 11.5 Å². The molecule has 0 atom stereocenters. The molecule has 0 saturated carbocycles. The number of aromatic hydroxyl groups is 2. The van der Waals surface area contributed by atoms with Crippen LogP contribution in [0.3, 0.4) is 0 Å². The number of hydrogen-bond acceptors (Lipinski definition) is 4. The number of hydrogen-bond donors (Lipinski definition) is 4. The molecule has 4 heteroatoms. The first-order valence-corrected chi connectivity index (χ1v) is 12.0. The van der Waals surface area contributed by atoms with Crippen molar-refractivity contribution in [2.75, 3.05) is 11.5 Å². The van der Waals surface area contributed by atoms with Gasteiger partial charge in [-0.2, -0.15) is 0 Å². The predicted molar refractivity (Wildman–Crippen MR) is 142 cm³/mol. The summed E-state index contributed by atoms with van der Waals surface area (Å²) in [7, 11) is 0. The van der Waals surface area contributed by atoms with Crippen LogP contribution in [0.15, 0.2) is 24.3 Å². The lowest BCUT2D eigenvalue weighted by molar-refractivity contribution is 0.283. The number of anilines is 2. The minimum Gasteiger partial charge on any atom is -0.505 e. The van der Waals surface area contributed by atoms with E-state index in [0.29, 0.717) is 28.9 Å². The standard InChI is InChI=1S/C29H46N2O2/c1-26(2,3)16-28(7,8)20-12-18(24(32)22(30)14-20)11-19-13-21(15-23(31)25(19)33)29(9,10)17-27(4,5)6/h12-15,32-33H,11,16-17,30-31H2,1-10H3. The summed E-state index contributed by atoms with van der Waals surface area (Å²) in [5.41, 5.74) is 16.8. The van der Waals surface area contributed by atoms with Gasteiger partial charge in [-0.05, 0) is 57.8 Å². The van der Waals surface area contributed by atoms with E-state index < -0.39 is 0 Å². The van der Waals surface area contributed by atoms with Crippen molar-refractivity contribution in [2.45, 2.75) is 99.3 Å². The largest absolute Gasteiger partial charge is 0.505 e. The summed E-state index contributed by atoms with van der Waals surface area (Å²) in [5, 5.41) is 21.6. The van der Waals surface area contributed by atoms with Crippen molar-refractivity contribution in [1.29, 1.82) is 0 Å². The van der Waals surface area contributed by atoms with Gasteiger partial charge in [0.15, 0.2) is 0 Å². The molecule has 33 heavy (non-hydrogen) atoms. The molecule has 0 saturated heterocycles. The minimum absolute atomic E-state index is 0.0719. The Morgan fingerprint density at radius 3 is 1.15 bits per heavy atom. The number of phenols is 2. The van der Waals surface area contributed by atoms with Gasteiger partial charge in [0, 0.05) is 17.5 Å². The van der Waals surface area contributed by atoms with E-state index in [9.17, 15) is 10.2 Å². The van der Waals surface area contributed by atoms with Gasteiger partial charge in [-0.15, -0.1) is 0 Å². The summed E-state index contributed by atoms with van der Waals surface area (Å²) >= 11 is 0. The Morgan fingerprint density at radius 1 is 0.576 bits per heavy atom. The maximum atomic E-state index is 10.8. The van der Waals surface area contributed by atoms with Crippen LogP contribution in [-0.2, 0) is 17.3 Å². The Labute approximate surface area is 201 Å². The minimum atomic E-state index is -0.119. The van der Waals surface area contributed by atoms with E-state index in [-0.39, 0.29) is 33.2 Å². The topological polar surface area (TPSA) is 92.5 Å². The molecule has 0 aliphatic carbocycles. The summed E-state index contributed by atoms with van der Waals surface area (Å²) in [5.74, 6) is 0.144. The summed E-state index contributed by atoms with van der Waals surface area (Å²) in [6.45, 7) is 22.2. The normalized spacial score (nSPS) is 13.4. The fourth-order valence-corrected chi connectivity index (χ4v) is 5.55. The summed E-state index contributed by atoms with van der Waals surface area (Å²) < 4.78 is 0. The molecule has 2 aromatic rings. The fourth-order valence-electron chi connectivity index (χ4n) is 5.55. The second-order valence-electron chi connectivity index (χ2n) is 13.6. The SMILES string of the molecule is CC(C)(C)CC(C)(C)c1cc(N)c(O)c(Cc2cc(C(C)(C)CC(C)(C)C)cc(N)c2O)c1. The third-order valence-electron chi connectivity index (χ3n) is 6.33. The predicted octanol–water partition coefficient (Wildman–Crippen LogP) is 7.28. The average Bonchev–Trinajstić information content (AvgIpc) is 2.58. The van der Waals surface area contributed by atoms with E-state index in [4.69, 9.17) is 11.5 Å². The second-order valence-corrected chi connectivity index (χ2v) is 13.6. The van der Waals surface area contributed by atoms with Crippen molar-refractivity contribution in [3.05, 3.63) is 46.5 Å². The van der Waals surface area contributed by atoms with Crippen molar-refractivity contribution in [2.24, 2.45) is 10.8 Å². The van der Waals surface area contributed by atoms with E-state index in [1.54, 1.807) is 0 Å². The van der Waals surface area contributed by atoms with Crippen molar-refractivity contribution >= 4 is 11.4 Å². The average molecular weight is 455 g/mol. The van der Waals surface area contributed by atoms with Crippen LogP contribution in [0.4, 0.5) is 11.4 Å². The van der Waals surface area contributed by atoms with Gasteiger partial charge >= 0.3 is 0 Å². The van der Waals surface area contributed by atoms with E-state index in [0.717, 1.165) is 24.0 Å². The number of nitrogen functional groups attached to an aromatic ring is 2. The fraction of sp³-hybridized carbons (Fsp3) is 0.586. The lowest BCUT2D eigenvalue weighted by atomic mass is 9.71. The molecule has 0 spiro atoms. The summed E-state index contributed by atoms with van der Waals surface area (Å²) in [6, 6.07) is 7.81. The van der Waals surface area contributed by atoms with Gasteiger partial charge < -0.3 is 21.7 Å². The van der Waals surface area contributed by atoms with E-state index in [1.165, 1.54) is 0 Å². The lowest BCUT2D eigenvalue weighted by Crippen LogP contribution is -2.25. The highest BCUT2D eigenvalue weighted by Gasteiger charge is 2.30. The number of phenolic OH excluding ortho intramolecular Hbond substituents is 2. The van der Waals surface area contributed by atoms with Crippen LogP contribution in [0, 0.1) is 10.8 Å². The molecule has 0 aliphatic heterocycles. The van der Waals surface area contributed by atoms with Crippen molar-refractivity contribution in [3.63, 3.8) is 0 Å². The molecule has 0 heterocycles. The molecule has 2 rings (SSSR count). The Morgan fingerprint density at radius 2 is 0.879 bits per heavy atom. The molecule has 2 aromatic carbocycles. The highest BCUT2D eigenvalue weighted by Crippen LogP contribution is 2.43. The Kier molecular flexibility index (Phi) is 7.15. The van der Waals surface area contributed by atoms with Crippen molar-refractivity contribution < 1.29 is 10.2 Å². The molecule has 0 aliphatic rings. The smallest absolute Gasteiger partial charge is 0.142 e. The first-order valence-electron chi connectivity index (χ1n) is 12.0. The number of rotatable bonds is 6. The van der Waals surface area contributed by atoms with E-state index >= 15 is 0 Å². The van der Waals surface area contributed by atoms with E-state index in [1.807, 2.05) is 24.3 Å². The van der Waals surface area contributed by atoms with Crippen LogP contribution in [-0.4, -0.2) is 10.2 Å². The summed E-state index contributed by atoms with van der Waals surface area (Å²) in [6.07, 6.45) is 2.29. The third kappa shape index (κ3) is 6.82. The molecular formula is C29H46N2O2. The Bertz CT molecular complexity index is 924. The van der Waals surface area contributed by atoms with Crippen LogP contribution in [0.25, 0.3) is 0 Å². The maximum absolute atomic E-state index is 10.8. The first kappa shape index (κ1) is 26.9. The van der Waals surface area contributed by atoms with Gasteiger partial charge in [-0.25, -0.2) is 0 Å². The molecule has 0 fully saturated rings. The number of nitrogens with two attached hydrogens (primary N) is 2. The highest BCUT2D eigenvalue weighted by atomic mass is 16.3. The molecular weight excluding hydrogens is 408 g/mol. The van der Waals surface area contributed by atoms with Crippen LogP contribution < -0.4 is 11.5 Å². The lowest BCUT2D eigenvalue weighted by Gasteiger charge is -2.34. The zero-order valence-corrected chi connectivity index (χ0v) is 22.5. The second kappa shape index (κ2) is 8.77. The molecule has 0 radical (unpaired) electrons. The first-order chi connectivity index (χ1) is 14.7. The Balaban J connectivity index is 2.55. The maximum Gasteiger partial charge on any atom is 0.142 e. The zero-order chi connectivity index (χ0) is 25.6. The van der Waals surface area contributed by atoms with Gasteiger partial charge in [-0.3, -0.25) is 0 Å². The summed E-state index contributed by atoms with van der Waals surface area (Å²) in [4.78, 5) is 0. The van der Waals surface area contributed by atoms with Crippen LogP contribution >= 0.6 is 0 Å².